The highest BCUT2D eigenvalue weighted by Gasteiger charge is 2.59. The summed E-state index contributed by atoms with van der Waals surface area (Å²) in [7, 11) is -1.95. The van der Waals surface area contributed by atoms with Crippen molar-refractivity contribution >= 4 is 20.2 Å². The number of rotatable bonds is 2. The quantitative estimate of drug-likeness (QED) is 0.575. The van der Waals surface area contributed by atoms with Gasteiger partial charge < -0.3 is 9.13 Å². The first-order valence-corrected chi connectivity index (χ1v) is 7.85. The fraction of sp³-hybridized carbons (Fsp3) is 0.778. The summed E-state index contributed by atoms with van der Waals surface area (Å²) in [5.41, 5.74) is 0. The predicted molar refractivity (Wildman–Crippen MR) is 57.6 cm³/mol. The molecule has 0 bridgehead atoms. The lowest BCUT2D eigenvalue weighted by molar-refractivity contribution is -0.184. The minimum atomic E-state index is -5.17. The molecule has 0 atom stereocenters. The average Bonchev–Trinajstić information content (AvgIpc) is 2.22. The van der Waals surface area contributed by atoms with Gasteiger partial charge in [0.15, 0.2) is 0 Å². The van der Waals surface area contributed by atoms with Crippen LogP contribution in [-0.2, 0) is 9.59 Å². The van der Waals surface area contributed by atoms with Crippen molar-refractivity contribution in [3.05, 3.63) is 0 Å². The Balaban J connectivity index is 3.04. The summed E-state index contributed by atoms with van der Waals surface area (Å²) in [5.74, 6) is -4.43. The van der Waals surface area contributed by atoms with Crippen LogP contribution in [0.2, 0.25) is 12.1 Å². The van der Waals surface area contributed by atoms with E-state index in [1.165, 1.54) is 0 Å². The molecule has 1 heterocycles. The zero-order valence-corrected chi connectivity index (χ0v) is 11.6. The van der Waals surface area contributed by atoms with E-state index in [2.05, 4.69) is 0 Å². The summed E-state index contributed by atoms with van der Waals surface area (Å²) in [5, 5.41) is 0. The summed E-state index contributed by atoms with van der Waals surface area (Å²) in [6, 6.07) is 0.00722. The molecule has 1 rings (SSSR count). The van der Waals surface area contributed by atoms with Gasteiger partial charge in [-0.25, -0.2) is 0 Å². The normalized spacial score (nSPS) is 18.2. The average molecular weight is 322 g/mol. The van der Waals surface area contributed by atoms with Crippen LogP contribution in [0.15, 0.2) is 0 Å². The number of amides is 2. The zero-order valence-electron chi connectivity index (χ0n) is 10.6. The van der Waals surface area contributed by atoms with E-state index in [1.54, 1.807) is 0 Å². The van der Waals surface area contributed by atoms with Gasteiger partial charge in [-0.05, 0) is 12.1 Å². The number of alkyl halides is 6. The smallest absolute Gasteiger partial charge is 0.346 e. The van der Waals surface area contributed by atoms with E-state index in [0.717, 1.165) is 14.1 Å². The second-order valence-electron chi connectivity index (χ2n) is 4.56. The highest BCUT2D eigenvalue weighted by Crippen LogP contribution is 2.40. The molecule has 0 N–H and O–H groups in total. The fourth-order valence-electron chi connectivity index (χ4n) is 2.15. The van der Waals surface area contributed by atoms with Gasteiger partial charge in [-0.2, -0.15) is 26.3 Å². The molecule has 11 heteroatoms. The van der Waals surface area contributed by atoms with Crippen LogP contribution in [-0.4, -0.2) is 55.8 Å². The molecule has 2 amide bonds. The van der Waals surface area contributed by atoms with E-state index < -0.39 is 32.6 Å². The van der Waals surface area contributed by atoms with Gasteiger partial charge in [-0.1, -0.05) is 6.42 Å². The van der Waals surface area contributed by atoms with E-state index in [-0.39, 0.29) is 12.1 Å². The Kier molecular flexibility index (Phi) is 4.14. The summed E-state index contributed by atoms with van der Waals surface area (Å²) >= 11 is 0. The van der Waals surface area contributed by atoms with Crippen molar-refractivity contribution in [3.8, 4) is 0 Å². The molecule has 0 unspecified atom stereocenters. The topological polar surface area (TPSA) is 40.6 Å². The molecule has 116 valence electrons. The zero-order chi connectivity index (χ0) is 15.9. The first-order chi connectivity index (χ1) is 8.84. The maximum Gasteiger partial charge on any atom is 0.470 e. The minimum Gasteiger partial charge on any atom is -0.346 e. The van der Waals surface area contributed by atoms with Crippen molar-refractivity contribution in [2.75, 3.05) is 14.1 Å². The third kappa shape index (κ3) is 2.76. The summed E-state index contributed by atoms with van der Waals surface area (Å²) in [6.45, 7) is 0. The number of carbonyl (C=O) groups excluding carboxylic acids is 2. The Morgan fingerprint density at radius 1 is 0.850 bits per heavy atom. The first kappa shape index (κ1) is 16.8. The van der Waals surface area contributed by atoms with Gasteiger partial charge in [0, 0.05) is 14.1 Å². The lowest BCUT2D eigenvalue weighted by Crippen LogP contribution is -2.72. The number of hydrogen-bond acceptors (Lipinski definition) is 2. The van der Waals surface area contributed by atoms with Crippen molar-refractivity contribution in [1.29, 1.82) is 0 Å². The maximum atomic E-state index is 12.4. The van der Waals surface area contributed by atoms with Crippen molar-refractivity contribution in [2.24, 2.45) is 0 Å². The van der Waals surface area contributed by atoms with E-state index in [4.69, 9.17) is 0 Å². The van der Waals surface area contributed by atoms with Gasteiger partial charge in [0.05, 0.1) is 0 Å². The van der Waals surface area contributed by atoms with Gasteiger partial charge in [-0.15, -0.1) is 0 Å². The molecular weight excluding hydrogens is 310 g/mol. The molecule has 4 nitrogen and oxygen atoms in total. The van der Waals surface area contributed by atoms with Crippen molar-refractivity contribution < 1.29 is 35.9 Å². The molecule has 20 heavy (non-hydrogen) atoms. The highest BCUT2D eigenvalue weighted by atomic mass is 28.4. The monoisotopic (exact) mass is 322 g/mol. The molecule has 1 saturated heterocycles. The molecular formula is C9H12F6N2O2Si. The highest BCUT2D eigenvalue weighted by molar-refractivity contribution is 6.80. The van der Waals surface area contributed by atoms with Crippen LogP contribution < -0.4 is 0 Å². The molecule has 0 radical (unpaired) electrons. The Bertz CT molecular complexity index is 384. The van der Waals surface area contributed by atoms with Gasteiger partial charge >= 0.3 is 24.2 Å². The second-order valence-corrected chi connectivity index (χ2v) is 8.87. The molecule has 0 saturated carbocycles. The summed E-state index contributed by atoms with van der Waals surface area (Å²) in [6.07, 6.45) is -9.96. The number of carbonyl (C=O) groups is 2. The predicted octanol–water partition coefficient (Wildman–Crippen LogP) is 1.87. The van der Waals surface area contributed by atoms with Crippen LogP contribution in [0.1, 0.15) is 6.42 Å². The molecule has 1 fully saturated rings. The van der Waals surface area contributed by atoms with Crippen LogP contribution >= 0.6 is 0 Å². The van der Waals surface area contributed by atoms with Gasteiger partial charge in [-0.3, -0.25) is 9.59 Å². The van der Waals surface area contributed by atoms with Crippen LogP contribution in [0.25, 0.3) is 0 Å². The third-order valence-corrected chi connectivity index (χ3v) is 8.71. The van der Waals surface area contributed by atoms with Crippen molar-refractivity contribution in [1.82, 2.24) is 9.13 Å². The van der Waals surface area contributed by atoms with Crippen molar-refractivity contribution in [3.63, 3.8) is 0 Å². The fourth-order valence-corrected chi connectivity index (χ4v) is 5.93. The van der Waals surface area contributed by atoms with E-state index >= 15 is 0 Å². The maximum absolute atomic E-state index is 12.4. The second kappa shape index (κ2) is 4.93. The van der Waals surface area contributed by atoms with Gasteiger partial charge in [0.1, 0.15) is 0 Å². The molecule has 1 aliphatic rings. The Hall–Kier alpha value is -1.26. The van der Waals surface area contributed by atoms with E-state index in [0.29, 0.717) is 15.6 Å². The summed E-state index contributed by atoms with van der Waals surface area (Å²) < 4.78 is 75.0. The summed E-state index contributed by atoms with van der Waals surface area (Å²) in [4.78, 5) is 22.4. The van der Waals surface area contributed by atoms with Crippen LogP contribution in [0.3, 0.4) is 0 Å². The third-order valence-electron chi connectivity index (χ3n) is 3.50. The SMILES string of the molecule is CN(C(=O)C(F)(F)F)[Si]1(N(C)C(=O)C(F)(F)F)CCC1. The van der Waals surface area contributed by atoms with Crippen molar-refractivity contribution in [2.45, 2.75) is 30.9 Å². The van der Waals surface area contributed by atoms with E-state index in [1.807, 2.05) is 0 Å². The van der Waals surface area contributed by atoms with Gasteiger partial charge in [0.2, 0.25) is 0 Å². The van der Waals surface area contributed by atoms with E-state index in [9.17, 15) is 35.9 Å². The first-order valence-electron chi connectivity index (χ1n) is 5.54. The largest absolute Gasteiger partial charge is 0.470 e. The Morgan fingerprint density at radius 3 is 1.30 bits per heavy atom. The molecule has 0 aromatic heterocycles. The Morgan fingerprint density at radius 2 is 1.15 bits per heavy atom. The number of hydrogen-bond donors (Lipinski definition) is 0. The van der Waals surface area contributed by atoms with Crippen LogP contribution in [0, 0.1) is 0 Å². The number of nitrogens with zero attached hydrogens (tertiary/aromatic N) is 2. The molecule has 1 aliphatic heterocycles. The molecule has 0 aromatic carbocycles. The lowest BCUT2D eigenvalue weighted by Gasteiger charge is -2.51. The molecule has 0 aliphatic carbocycles. The molecule has 0 aromatic rings. The number of halogens is 6. The van der Waals surface area contributed by atoms with Crippen LogP contribution in [0.4, 0.5) is 26.3 Å². The molecule has 0 spiro atoms. The lowest BCUT2D eigenvalue weighted by atomic mass is 10.5. The standard InChI is InChI=1S/C9H12F6N2O2Si/c1-16(6(18)8(10,11)12)20(4-3-5-20)17(2)7(19)9(13,14)15/h3-5H2,1-2H3. The minimum absolute atomic E-state index is 0.00361. The van der Waals surface area contributed by atoms with Crippen LogP contribution in [0.5, 0.6) is 0 Å². The van der Waals surface area contributed by atoms with Gasteiger partial charge in [0.25, 0.3) is 8.40 Å². The Labute approximate surface area is 111 Å².